The van der Waals surface area contributed by atoms with E-state index in [4.69, 9.17) is 23.2 Å². The summed E-state index contributed by atoms with van der Waals surface area (Å²) in [4.78, 5) is 10.2. The number of alkyl halides is 1. The fourth-order valence-corrected chi connectivity index (χ4v) is 0.714. The molecule has 0 saturated heterocycles. The van der Waals surface area contributed by atoms with Crippen LogP contribution in [0.25, 0.3) is 0 Å². The van der Waals surface area contributed by atoms with E-state index in [0.29, 0.717) is 12.3 Å². The van der Waals surface area contributed by atoms with Gasteiger partial charge in [-0.2, -0.15) is 0 Å². The molecule has 0 aromatic carbocycles. The molecule has 0 aromatic rings. The maximum absolute atomic E-state index is 10.2. The van der Waals surface area contributed by atoms with Crippen molar-refractivity contribution >= 4 is 28.4 Å². The Morgan fingerprint density at radius 1 is 1.75 bits per heavy atom. The first-order chi connectivity index (χ1) is 3.68. The Balaban J connectivity index is 3.32. The number of halogens is 2. The third-order valence-electron chi connectivity index (χ3n) is 0.930. The molecule has 0 radical (unpaired) electrons. The molecule has 0 rings (SSSR count). The van der Waals surface area contributed by atoms with Gasteiger partial charge in [0.25, 0.3) is 0 Å². The van der Waals surface area contributed by atoms with Crippen LogP contribution < -0.4 is 0 Å². The molecule has 0 bridgehead atoms. The van der Waals surface area contributed by atoms with Crippen molar-refractivity contribution in [2.75, 3.05) is 5.88 Å². The van der Waals surface area contributed by atoms with Crippen molar-refractivity contribution in [3.8, 4) is 0 Å². The van der Waals surface area contributed by atoms with E-state index in [9.17, 15) is 4.79 Å². The van der Waals surface area contributed by atoms with E-state index in [-0.39, 0.29) is 11.2 Å². The lowest BCUT2D eigenvalue weighted by molar-refractivity contribution is -0.114. The van der Waals surface area contributed by atoms with Crippen LogP contribution in [0.5, 0.6) is 0 Å². The fraction of sp³-hybridized carbons (Fsp3) is 0.800. The molecule has 0 aliphatic carbocycles. The van der Waals surface area contributed by atoms with Gasteiger partial charge in [0.15, 0.2) is 0 Å². The highest BCUT2D eigenvalue weighted by molar-refractivity contribution is 6.63. The highest BCUT2D eigenvalue weighted by Gasteiger charge is 2.06. The molecule has 1 nitrogen and oxygen atoms in total. The minimum atomic E-state index is -0.300. The van der Waals surface area contributed by atoms with Crippen molar-refractivity contribution in [2.45, 2.75) is 13.3 Å². The average molecular weight is 155 g/mol. The van der Waals surface area contributed by atoms with Crippen molar-refractivity contribution in [3.05, 3.63) is 0 Å². The van der Waals surface area contributed by atoms with Gasteiger partial charge in [0, 0.05) is 11.8 Å². The molecule has 0 heterocycles. The summed E-state index contributed by atoms with van der Waals surface area (Å²) in [5.74, 6) is 0.411. The van der Waals surface area contributed by atoms with E-state index in [0.717, 1.165) is 0 Å². The normalized spacial score (nSPS) is 13.4. The summed E-state index contributed by atoms with van der Waals surface area (Å²) in [6, 6.07) is 0. The Bertz CT molecular complexity index is 82.5. The molecule has 0 unspecified atom stereocenters. The summed E-state index contributed by atoms with van der Waals surface area (Å²) in [5.41, 5.74) is 0. The van der Waals surface area contributed by atoms with Crippen molar-refractivity contribution in [1.82, 2.24) is 0 Å². The first-order valence-electron chi connectivity index (χ1n) is 2.43. The Hall–Kier alpha value is 0.250. The van der Waals surface area contributed by atoms with E-state index in [1.165, 1.54) is 0 Å². The van der Waals surface area contributed by atoms with Crippen LogP contribution in [0.3, 0.4) is 0 Å². The number of hydrogen-bond acceptors (Lipinski definition) is 1. The molecule has 0 aliphatic heterocycles. The van der Waals surface area contributed by atoms with Crippen molar-refractivity contribution in [3.63, 3.8) is 0 Å². The molecule has 1 atom stereocenters. The topological polar surface area (TPSA) is 17.1 Å². The quantitative estimate of drug-likeness (QED) is 0.450. The van der Waals surface area contributed by atoms with Gasteiger partial charge in [0.2, 0.25) is 5.24 Å². The van der Waals surface area contributed by atoms with E-state index >= 15 is 0 Å². The Morgan fingerprint density at radius 2 is 2.25 bits per heavy atom. The molecule has 0 fully saturated rings. The lowest BCUT2D eigenvalue weighted by Gasteiger charge is -1.98. The predicted molar refractivity (Wildman–Crippen MR) is 35.4 cm³/mol. The molecular weight excluding hydrogens is 147 g/mol. The van der Waals surface area contributed by atoms with Gasteiger partial charge < -0.3 is 0 Å². The van der Waals surface area contributed by atoms with Gasteiger partial charge in [-0.25, -0.2) is 0 Å². The second-order valence-corrected chi connectivity index (χ2v) is 2.43. The Labute approximate surface area is 59.0 Å². The van der Waals surface area contributed by atoms with Crippen LogP contribution >= 0.6 is 23.2 Å². The van der Waals surface area contributed by atoms with Gasteiger partial charge in [0.05, 0.1) is 0 Å². The predicted octanol–water partition coefficient (Wildman–Crippen LogP) is 2.02. The van der Waals surface area contributed by atoms with Gasteiger partial charge in [-0.05, 0) is 18.0 Å². The average Bonchev–Trinajstić information content (AvgIpc) is 1.67. The minimum Gasteiger partial charge on any atom is -0.281 e. The maximum Gasteiger partial charge on any atom is 0.224 e. The van der Waals surface area contributed by atoms with Crippen LogP contribution in [-0.2, 0) is 4.79 Å². The summed E-state index contributed by atoms with van der Waals surface area (Å²) >= 11 is 10.4. The van der Waals surface area contributed by atoms with Gasteiger partial charge in [-0.15, -0.1) is 11.6 Å². The van der Waals surface area contributed by atoms with E-state index in [2.05, 4.69) is 0 Å². The van der Waals surface area contributed by atoms with Crippen molar-refractivity contribution < 1.29 is 4.79 Å². The smallest absolute Gasteiger partial charge is 0.224 e. The highest BCUT2D eigenvalue weighted by Crippen LogP contribution is 2.06. The highest BCUT2D eigenvalue weighted by atomic mass is 35.5. The maximum atomic E-state index is 10.2. The molecule has 48 valence electrons. The lowest BCUT2D eigenvalue weighted by atomic mass is 10.1. The summed E-state index contributed by atoms with van der Waals surface area (Å²) in [6.07, 6.45) is 0.671. The van der Waals surface area contributed by atoms with Crippen molar-refractivity contribution in [2.24, 2.45) is 5.92 Å². The van der Waals surface area contributed by atoms with Crippen LogP contribution in [0.4, 0.5) is 0 Å². The molecule has 0 aromatic heterocycles. The molecule has 0 aliphatic rings. The Morgan fingerprint density at radius 3 is 2.38 bits per heavy atom. The number of carbonyl (C=O) groups excluding carboxylic acids is 1. The van der Waals surface area contributed by atoms with Gasteiger partial charge in [-0.3, -0.25) is 4.79 Å². The number of rotatable bonds is 3. The van der Waals surface area contributed by atoms with E-state index < -0.39 is 0 Å². The zero-order chi connectivity index (χ0) is 6.57. The molecule has 0 N–H and O–H groups in total. The molecule has 0 spiro atoms. The first kappa shape index (κ1) is 8.25. The second-order valence-electron chi connectivity index (χ2n) is 1.68. The molecule has 0 saturated carbocycles. The minimum absolute atomic E-state index is 0.0887. The van der Waals surface area contributed by atoms with Gasteiger partial charge >= 0.3 is 0 Å². The fourth-order valence-electron chi connectivity index (χ4n) is 0.277. The zero-order valence-electron chi connectivity index (χ0n) is 4.66. The molecule has 3 heteroatoms. The van der Waals surface area contributed by atoms with Crippen LogP contribution in [-0.4, -0.2) is 11.1 Å². The standard InChI is InChI=1S/C5H8Cl2O/c1-4(2-3-6)5(7)8/h4H,2-3H2,1H3/t4-/m1/s1. The van der Waals surface area contributed by atoms with Crippen LogP contribution in [0.1, 0.15) is 13.3 Å². The summed E-state index contributed by atoms with van der Waals surface area (Å²) in [6.45, 7) is 1.76. The monoisotopic (exact) mass is 154 g/mol. The summed E-state index contributed by atoms with van der Waals surface area (Å²) in [5, 5.41) is -0.300. The third-order valence-corrected chi connectivity index (χ3v) is 1.52. The van der Waals surface area contributed by atoms with E-state index in [1.807, 2.05) is 0 Å². The second kappa shape index (κ2) is 4.16. The van der Waals surface area contributed by atoms with Crippen LogP contribution in [0, 0.1) is 5.92 Å². The zero-order valence-corrected chi connectivity index (χ0v) is 6.17. The number of carbonyl (C=O) groups is 1. The summed E-state index contributed by atoms with van der Waals surface area (Å²) in [7, 11) is 0. The first-order valence-corrected chi connectivity index (χ1v) is 3.35. The van der Waals surface area contributed by atoms with Gasteiger partial charge in [-0.1, -0.05) is 6.92 Å². The molecule has 0 amide bonds. The molecular formula is C5H8Cl2O. The van der Waals surface area contributed by atoms with Crippen LogP contribution in [0.2, 0.25) is 0 Å². The molecule has 8 heavy (non-hydrogen) atoms. The summed E-state index contributed by atoms with van der Waals surface area (Å²) < 4.78 is 0. The van der Waals surface area contributed by atoms with E-state index in [1.54, 1.807) is 6.92 Å². The van der Waals surface area contributed by atoms with Crippen molar-refractivity contribution in [1.29, 1.82) is 0 Å². The number of hydrogen-bond donors (Lipinski definition) is 0. The Kier molecular flexibility index (Phi) is 4.29. The van der Waals surface area contributed by atoms with Crippen LogP contribution in [0.15, 0.2) is 0 Å². The largest absolute Gasteiger partial charge is 0.281 e. The lowest BCUT2D eigenvalue weighted by Crippen LogP contribution is -2.03. The van der Waals surface area contributed by atoms with Gasteiger partial charge in [0.1, 0.15) is 0 Å². The SMILES string of the molecule is C[C@H](CCCl)C(=O)Cl. The third kappa shape index (κ3) is 3.28.